The zero-order valence-electron chi connectivity index (χ0n) is 13.7. The number of amides is 1. The van der Waals surface area contributed by atoms with Gasteiger partial charge in [-0.05, 0) is 44.5 Å². The molecule has 4 nitrogen and oxygen atoms in total. The van der Waals surface area contributed by atoms with E-state index in [-0.39, 0.29) is 17.8 Å². The second-order valence-electron chi connectivity index (χ2n) is 6.01. The Kier molecular flexibility index (Phi) is 5.91. The van der Waals surface area contributed by atoms with Crippen molar-refractivity contribution >= 4 is 11.6 Å². The Hall–Kier alpha value is -1.46. The molecular formula is C17H26FN3O. The Labute approximate surface area is 132 Å². The number of hydrogen-bond donors (Lipinski definition) is 1. The van der Waals surface area contributed by atoms with E-state index in [1.165, 1.54) is 6.07 Å². The SMILES string of the molecule is CCCN1CCN([C@H](C)C(=O)Nc2ccc(C)c(F)c2)CC1. The monoisotopic (exact) mass is 307 g/mol. The standard InChI is InChI=1S/C17H26FN3O/c1-4-7-20-8-10-21(11-9-20)14(3)17(22)19-15-6-5-13(2)16(18)12-15/h5-6,12,14H,4,7-11H2,1-3H3,(H,19,22)/t14-/m1/s1. The topological polar surface area (TPSA) is 35.6 Å². The van der Waals surface area contributed by atoms with E-state index in [0.717, 1.165) is 39.1 Å². The number of benzene rings is 1. The highest BCUT2D eigenvalue weighted by Crippen LogP contribution is 2.15. The summed E-state index contributed by atoms with van der Waals surface area (Å²) >= 11 is 0. The van der Waals surface area contributed by atoms with Crippen LogP contribution in [0, 0.1) is 12.7 Å². The van der Waals surface area contributed by atoms with Gasteiger partial charge in [-0.25, -0.2) is 4.39 Å². The number of carbonyl (C=O) groups is 1. The van der Waals surface area contributed by atoms with E-state index in [1.807, 2.05) is 6.92 Å². The first-order valence-electron chi connectivity index (χ1n) is 8.04. The molecule has 1 aromatic carbocycles. The highest BCUT2D eigenvalue weighted by molar-refractivity contribution is 5.94. The molecular weight excluding hydrogens is 281 g/mol. The van der Waals surface area contributed by atoms with Crippen molar-refractivity contribution in [3.8, 4) is 0 Å². The lowest BCUT2D eigenvalue weighted by Crippen LogP contribution is -2.52. The first-order valence-corrected chi connectivity index (χ1v) is 8.04. The Bertz CT molecular complexity index is 513. The molecule has 1 heterocycles. The van der Waals surface area contributed by atoms with Crippen molar-refractivity contribution in [1.82, 2.24) is 9.80 Å². The van der Waals surface area contributed by atoms with Gasteiger partial charge in [0.1, 0.15) is 5.82 Å². The molecule has 0 radical (unpaired) electrons. The number of nitrogens with zero attached hydrogens (tertiary/aromatic N) is 2. The van der Waals surface area contributed by atoms with Crippen LogP contribution in [0.3, 0.4) is 0 Å². The lowest BCUT2D eigenvalue weighted by Gasteiger charge is -2.37. The molecule has 22 heavy (non-hydrogen) atoms. The summed E-state index contributed by atoms with van der Waals surface area (Å²) in [5.41, 5.74) is 1.10. The average Bonchev–Trinajstić information content (AvgIpc) is 2.51. The molecule has 122 valence electrons. The van der Waals surface area contributed by atoms with E-state index >= 15 is 0 Å². The summed E-state index contributed by atoms with van der Waals surface area (Å²) in [5.74, 6) is -0.370. The third-order valence-electron chi connectivity index (χ3n) is 4.31. The van der Waals surface area contributed by atoms with Crippen LogP contribution in [0.15, 0.2) is 18.2 Å². The number of nitrogens with one attached hydrogen (secondary N) is 1. The van der Waals surface area contributed by atoms with Crippen LogP contribution in [0.25, 0.3) is 0 Å². The van der Waals surface area contributed by atoms with Crippen molar-refractivity contribution in [2.45, 2.75) is 33.2 Å². The maximum atomic E-state index is 13.5. The smallest absolute Gasteiger partial charge is 0.241 e. The predicted molar refractivity (Wildman–Crippen MR) is 87.5 cm³/mol. The normalized spacial score (nSPS) is 18.2. The zero-order valence-corrected chi connectivity index (χ0v) is 13.7. The van der Waals surface area contributed by atoms with Gasteiger partial charge < -0.3 is 10.2 Å². The molecule has 1 saturated heterocycles. The highest BCUT2D eigenvalue weighted by atomic mass is 19.1. The van der Waals surface area contributed by atoms with Crippen LogP contribution in [0.4, 0.5) is 10.1 Å². The van der Waals surface area contributed by atoms with E-state index in [9.17, 15) is 9.18 Å². The molecule has 0 spiro atoms. The maximum Gasteiger partial charge on any atom is 0.241 e. The van der Waals surface area contributed by atoms with Gasteiger partial charge in [0.2, 0.25) is 5.91 Å². The summed E-state index contributed by atoms with van der Waals surface area (Å²) in [6.45, 7) is 10.7. The van der Waals surface area contributed by atoms with Gasteiger partial charge in [-0.2, -0.15) is 0 Å². The lowest BCUT2D eigenvalue weighted by atomic mass is 10.2. The van der Waals surface area contributed by atoms with Gasteiger partial charge >= 0.3 is 0 Å². The molecule has 1 aromatic rings. The van der Waals surface area contributed by atoms with E-state index in [4.69, 9.17) is 0 Å². The van der Waals surface area contributed by atoms with Crippen LogP contribution < -0.4 is 5.32 Å². The van der Waals surface area contributed by atoms with Crippen LogP contribution >= 0.6 is 0 Å². The third-order valence-corrected chi connectivity index (χ3v) is 4.31. The minimum absolute atomic E-state index is 0.0767. The van der Waals surface area contributed by atoms with Crippen molar-refractivity contribution in [1.29, 1.82) is 0 Å². The molecule has 1 aliphatic heterocycles. The molecule has 0 aromatic heterocycles. The summed E-state index contributed by atoms with van der Waals surface area (Å²) in [6, 6.07) is 4.59. The number of aryl methyl sites for hydroxylation is 1. The Morgan fingerprint density at radius 2 is 2.00 bits per heavy atom. The van der Waals surface area contributed by atoms with Gasteiger partial charge in [-0.3, -0.25) is 9.69 Å². The molecule has 0 aliphatic carbocycles. The van der Waals surface area contributed by atoms with E-state index in [2.05, 4.69) is 22.0 Å². The molecule has 0 unspecified atom stereocenters. The van der Waals surface area contributed by atoms with Crippen molar-refractivity contribution in [3.05, 3.63) is 29.6 Å². The number of anilines is 1. The molecule has 1 fully saturated rings. The van der Waals surface area contributed by atoms with Gasteiger partial charge in [0, 0.05) is 31.9 Å². The maximum absolute atomic E-state index is 13.5. The Morgan fingerprint density at radius 1 is 1.32 bits per heavy atom. The fraction of sp³-hybridized carbons (Fsp3) is 0.588. The number of halogens is 1. The summed E-state index contributed by atoms with van der Waals surface area (Å²) in [5, 5.41) is 2.81. The molecule has 0 bridgehead atoms. The van der Waals surface area contributed by atoms with Crippen molar-refractivity contribution in [3.63, 3.8) is 0 Å². The first-order chi connectivity index (χ1) is 10.5. The van der Waals surface area contributed by atoms with Crippen LogP contribution in [-0.2, 0) is 4.79 Å². The first kappa shape index (κ1) is 16.9. The van der Waals surface area contributed by atoms with E-state index in [1.54, 1.807) is 19.1 Å². The number of hydrogen-bond acceptors (Lipinski definition) is 3. The largest absolute Gasteiger partial charge is 0.325 e. The minimum atomic E-state index is -0.293. The quantitative estimate of drug-likeness (QED) is 0.908. The molecule has 0 saturated carbocycles. The lowest BCUT2D eigenvalue weighted by molar-refractivity contribution is -0.121. The fourth-order valence-electron chi connectivity index (χ4n) is 2.77. The summed E-state index contributed by atoms with van der Waals surface area (Å²) in [4.78, 5) is 16.9. The van der Waals surface area contributed by atoms with Gasteiger partial charge in [0.05, 0.1) is 6.04 Å². The number of carbonyl (C=O) groups excluding carboxylic acids is 1. The average molecular weight is 307 g/mol. The molecule has 1 aliphatic rings. The van der Waals surface area contributed by atoms with Gasteiger partial charge in [0.15, 0.2) is 0 Å². The summed E-state index contributed by atoms with van der Waals surface area (Å²) in [7, 11) is 0. The summed E-state index contributed by atoms with van der Waals surface area (Å²) < 4.78 is 13.5. The Morgan fingerprint density at radius 3 is 2.59 bits per heavy atom. The highest BCUT2D eigenvalue weighted by Gasteiger charge is 2.25. The zero-order chi connectivity index (χ0) is 16.1. The predicted octanol–water partition coefficient (Wildman–Crippen LogP) is 2.49. The molecule has 1 N–H and O–H groups in total. The van der Waals surface area contributed by atoms with Crippen LogP contribution in [-0.4, -0.2) is 54.5 Å². The molecule has 5 heteroatoms. The van der Waals surface area contributed by atoms with Crippen molar-refractivity contribution < 1.29 is 9.18 Å². The van der Waals surface area contributed by atoms with Crippen LogP contribution in [0.2, 0.25) is 0 Å². The molecule has 1 amide bonds. The van der Waals surface area contributed by atoms with Crippen molar-refractivity contribution in [2.24, 2.45) is 0 Å². The van der Waals surface area contributed by atoms with Gasteiger partial charge in [0.25, 0.3) is 0 Å². The molecule has 1 atom stereocenters. The number of rotatable bonds is 5. The molecule has 2 rings (SSSR count). The van der Waals surface area contributed by atoms with Crippen molar-refractivity contribution in [2.75, 3.05) is 38.0 Å². The number of piperazine rings is 1. The van der Waals surface area contributed by atoms with Gasteiger partial charge in [-0.15, -0.1) is 0 Å². The van der Waals surface area contributed by atoms with Crippen LogP contribution in [0.5, 0.6) is 0 Å². The second-order valence-corrected chi connectivity index (χ2v) is 6.01. The van der Waals surface area contributed by atoms with E-state index < -0.39 is 0 Å². The van der Waals surface area contributed by atoms with Gasteiger partial charge in [-0.1, -0.05) is 13.0 Å². The van der Waals surface area contributed by atoms with E-state index in [0.29, 0.717) is 11.3 Å². The summed E-state index contributed by atoms with van der Waals surface area (Å²) in [6.07, 6.45) is 1.16. The Balaban J connectivity index is 1.88. The fourth-order valence-corrected chi connectivity index (χ4v) is 2.77. The van der Waals surface area contributed by atoms with Crippen LogP contribution in [0.1, 0.15) is 25.8 Å². The second kappa shape index (κ2) is 7.70. The minimum Gasteiger partial charge on any atom is -0.325 e. The third kappa shape index (κ3) is 4.27.